The van der Waals surface area contributed by atoms with Crippen LogP contribution in [0.1, 0.15) is 23.5 Å². The second kappa shape index (κ2) is 10.4. The highest BCUT2D eigenvalue weighted by molar-refractivity contribution is 5.82. The second-order valence-electron chi connectivity index (χ2n) is 6.79. The molecule has 0 radical (unpaired) electrons. The number of ether oxygens (including phenoxy) is 2. The van der Waals surface area contributed by atoms with Gasteiger partial charge in [0.25, 0.3) is 0 Å². The summed E-state index contributed by atoms with van der Waals surface area (Å²) in [4.78, 5) is 34.1. The van der Waals surface area contributed by atoms with Crippen molar-refractivity contribution in [3.63, 3.8) is 0 Å². The molecule has 0 unspecified atom stereocenters. The average molecular weight is 412 g/mol. The molecule has 0 saturated heterocycles. The lowest BCUT2D eigenvalue weighted by Gasteiger charge is -2.14. The topological polar surface area (TPSA) is 114 Å². The minimum atomic E-state index is -0.939. The number of nitrogens with one attached hydrogen (secondary N) is 2. The van der Waals surface area contributed by atoms with Crippen LogP contribution in [0.5, 0.6) is 0 Å². The number of alkyl carbamates (subject to hydrolysis) is 1. The van der Waals surface area contributed by atoms with Gasteiger partial charge in [-0.25, -0.2) is 4.79 Å². The fourth-order valence-electron chi connectivity index (χ4n) is 3.39. The summed E-state index contributed by atoms with van der Waals surface area (Å²) in [5.74, 6) is -1.36. The maximum atomic E-state index is 12.0. The van der Waals surface area contributed by atoms with E-state index in [0.717, 1.165) is 22.3 Å². The van der Waals surface area contributed by atoms with Gasteiger partial charge in [0, 0.05) is 12.5 Å². The van der Waals surface area contributed by atoms with Gasteiger partial charge in [0.05, 0.1) is 26.2 Å². The van der Waals surface area contributed by atoms with Crippen LogP contribution in [0, 0.1) is 0 Å². The van der Waals surface area contributed by atoms with Crippen molar-refractivity contribution < 1.29 is 29.0 Å². The van der Waals surface area contributed by atoms with E-state index < -0.39 is 12.1 Å². The van der Waals surface area contributed by atoms with Gasteiger partial charge in [0.1, 0.15) is 6.61 Å². The Hall–Kier alpha value is -3.39. The summed E-state index contributed by atoms with van der Waals surface area (Å²) < 4.78 is 10.4. The quantitative estimate of drug-likeness (QED) is 0.515. The lowest BCUT2D eigenvalue weighted by atomic mass is 9.98. The molecule has 0 aromatic heterocycles. The molecule has 0 atom stereocenters. The SMILES string of the molecule is O=C(O)CCOCCNC(=O)CNC(=O)OCC1c2ccccc2-c2ccccc21. The monoisotopic (exact) mass is 412 g/mol. The van der Waals surface area contributed by atoms with E-state index in [9.17, 15) is 14.4 Å². The van der Waals surface area contributed by atoms with Crippen molar-refractivity contribution in [2.75, 3.05) is 32.9 Å². The first-order valence-electron chi connectivity index (χ1n) is 9.71. The third kappa shape index (κ3) is 5.57. The summed E-state index contributed by atoms with van der Waals surface area (Å²) in [6.45, 7) is 0.475. The van der Waals surface area contributed by atoms with E-state index in [2.05, 4.69) is 22.8 Å². The lowest BCUT2D eigenvalue weighted by molar-refractivity contribution is -0.138. The van der Waals surface area contributed by atoms with Crippen molar-refractivity contribution in [3.8, 4) is 11.1 Å². The van der Waals surface area contributed by atoms with Crippen LogP contribution in [0.3, 0.4) is 0 Å². The molecule has 8 heteroatoms. The summed E-state index contributed by atoms with van der Waals surface area (Å²) in [6, 6.07) is 16.1. The Morgan fingerprint density at radius 3 is 2.17 bits per heavy atom. The molecule has 1 aliphatic rings. The predicted octanol–water partition coefficient (Wildman–Crippen LogP) is 2.13. The van der Waals surface area contributed by atoms with Crippen LogP contribution >= 0.6 is 0 Å². The van der Waals surface area contributed by atoms with Gasteiger partial charge in [-0.15, -0.1) is 0 Å². The Bertz CT molecular complexity index is 869. The molecule has 1 aliphatic carbocycles. The van der Waals surface area contributed by atoms with Crippen molar-refractivity contribution in [2.24, 2.45) is 0 Å². The Labute approximate surface area is 174 Å². The molecule has 158 valence electrons. The molecule has 0 aliphatic heterocycles. The van der Waals surface area contributed by atoms with Crippen molar-refractivity contribution in [2.45, 2.75) is 12.3 Å². The lowest BCUT2D eigenvalue weighted by Crippen LogP contribution is -2.38. The molecular formula is C22H24N2O6. The van der Waals surface area contributed by atoms with E-state index >= 15 is 0 Å². The summed E-state index contributed by atoms with van der Waals surface area (Å²) in [5, 5.41) is 13.5. The number of hydrogen-bond donors (Lipinski definition) is 3. The standard InChI is InChI=1S/C22H24N2O6/c25-20(23-10-12-29-11-9-21(26)27)13-24-22(28)30-14-19-17-7-3-1-5-15(17)16-6-2-4-8-18(16)19/h1-8,19H,9-14H2,(H,23,25)(H,24,28)(H,26,27). The van der Waals surface area contributed by atoms with Crippen molar-refractivity contribution >= 4 is 18.0 Å². The van der Waals surface area contributed by atoms with Crippen molar-refractivity contribution in [3.05, 3.63) is 59.7 Å². The van der Waals surface area contributed by atoms with E-state index in [0.29, 0.717) is 0 Å². The third-order valence-corrected chi connectivity index (χ3v) is 4.77. The van der Waals surface area contributed by atoms with E-state index in [-0.39, 0.29) is 51.2 Å². The number of carbonyl (C=O) groups is 3. The molecule has 0 saturated carbocycles. The zero-order valence-corrected chi connectivity index (χ0v) is 16.4. The first kappa shape index (κ1) is 21.3. The van der Waals surface area contributed by atoms with Crippen LogP contribution in [0.2, 0.25) is 0 Å². The highest BCUT2D eigenvalue weighted by Gasteiger charge is 2.28. The Kier molecular flexibility index (Phi) is 7.40. The number of aliphatic carboxylic acids is 1. The van der Waals surface area contributed by atoms with E-state index in [1.807, 2.05) is 36.4 Å². The van der Waals surface area contributed by atoms with E-state index in [4.69, 9.17) is 14.6 Å². The van der Waals surface area contributed by atoms with Crippen LogP contribution in [-0.2, 0) is 19.1 Å². The number of carboxylic acid groups (broad SMARTS) is 1. The van der Waals surface area contributed by atoms with Crippen LogP contribution in [-0.4, -0.2) is 56.0 Å². The third-order valence-electron chi connectivity index (χ3n) is 4.77. The van der Waals surface area contributed by atoms with Crippen LogP contribution in [0.4, 0.5) is 4.79 Å². The Morgan fingerprint density at radius 2 is 1.53 bits per heavy atom. The maximum absolute atomic E-state index is 12.0. The molecule has 30 heavy (non-hydrogen) atoms. The van der Waals surface area contributed by atoms with Gasteiger partial charge < -0.3 is 25.2 Å². The molecule has 0 heterocycles. The summed E-state index contributed by atoms with van der Waals surface area (Å²) in [7, 11) is 0. The molecule has 2 aromatic carbocycles. The Balaban J connectivity index is 1.39. The van der Waals surface area contributed by atoms with Gasteiger partial charge in [-0.2, -0.15) is 0 Å². The van der Waals surface area contributed by atoms with E-state index in [1.54, 1.807) is 0 Å². The number of hydrogen-bond acceptors (Lipinski definition) is 5. The summed E-state index contributed by atoms with van der Waals surface area (Å²) in [5.41, 5.74) is 4.53. The molecule has 3 rings (SSSR count). The van der Waals surface area contributed by atoms with Crippen molar-refractivity contribution in [1.29, 1.82) is 0 Å². The zero-order valence-electron chi connectivity index (χ0n) is 16.4. The average Bonchev–Trinajstić information content (AvgIpc) is 3.07. The van der Waals surface area contributed by atoms with Gasteiger partial charge in [0.2, 0.25) is 5.91 Å². The fourth-order valence-corrected chi connectivity index (χ4v) is 3.39. The largest absolute Gasteiger partial charge is 0.481 e. The second-order valence-corrected chi connectivity index (χ2v) is 6.79. The van der Waals surface area contributed by atoms with E-state index in [1.165, 1.54) is 0 Å². The molecule has 2 aromatic rings. The smallest absolute Gasteiger partial charge is 0.407 e. The number of carbonyl (C=O) groups excluding carboxylic acids is 2. The molecular weight excluding hydrogens is 388 g/mol. The van der Waals surface area contributed by atoms with Crippen molar-refractivity contribution in [1.82, 2.24) is 10.6 Å². The molecule has 0 bridgehead atoms. The minimum absolute atomic E-state index is 0.0417. The first-order chi connectivity index (χ1) is 14.6. The molecule has 8 nitrogen and oxygen atoms in total. The van der Waals surface area contributed by atoms with Crippen LogP contribution in [0.15, 0.2) is 48.5 Å². The summed E-state index contributed by atoms with van der Waals surface area (Å²) in [6.07, 6.45) is -0.748. The number of carboxylic acids is 1. The minimum Gasteiger partial charge on any atom is -0.481 e. The van der Waals surface area contributed by atoms with Gasteiger partial charge in [0.15, 0.2) is 0 Å². The van der Waals surface area contributed by atoms with Crippen LogP contribution in [0.25, 0.3) is 11.1 Å². The van der Waals surface area contributed by atoms with Gasteiger partial charge >= 0.3 is 12.1 Å². The number of amides is 2. The molecule has 2 amide bonds. The molecule has 3 N–H and O–H groups in total. The van der Waals surface area contributed by atoms with Gasteiger partial charge in [-0.1, -0.05) is 48.5 Å². The number of benzene rings is 2. The zero-order chi connectivity index (χ0) is 21.3. The number of fused-ring (bicyclic) bond motifs is 3. The predicted molar refractivity (Wildman–Crippen MR) is 109 cm³/mol. The van der Waals surface area contributed by atoms with Gasteiger partial charge in [-0.05, 0) is 22.3 Å². The normalized spacial score (nSPS) is 12.0. The first-order valence-corrected chi connectivity index (χ1v) is 9.71. The fraction of sp³-hybridized carbons (Fsp3) is 0.318. The number of rotatable bonds is 10. The summed E-state index contributed by atoms with van der Waals surface area (Å²) >= 11 is 0. The highest BCUT2D eigenvalue weighted by atomic mass is 16.5. The molecule has 0 spiro atoms. The molecule has 0 fully saturated rings. The Morgan fingerprint density at radius 1 is 0.900 bits per heavy atom. The van der Waals surface area contributed by atoms with Gasteiger partial charge in [-0.3, -0.25) is 9.59 Å². The van der Waals surface area contributed by atoms with Crippen LogP contribution < -0.4 is 10.6 Å². The maximum Gasteiger partial charge on any atom is 0.407 e. The highest BCUT2D eigenvalue weighted by Crippen LogP contribution is 2.44.